The van der Waals surface area contributed by atoms with Crippen LogP contribution in [0.3, 0.4) is 0 Å². The molecule has 0 aliphatic heterocycles. The lowest BCUT2D eigenvalue weighted by atomic mass is 10.2. The first-order valence-corrected chi connectivity index (χ1v) is 6.21. The predicted octanol–water partition coefficient (Wildman–Crippen LogP) is 2.29. The average molecular weight is 229 g/mol. The molecule has 0 heterocycles. The van der Waals surface area contributed by atoms with Gasteiger partial charge in [0, 0.05) is 18.4 Å². The summed E-state index contributed by atoms with van der Waals surface area (Å²) in [6.45, 7) is 1.26. The highest BCUT2D eigenvalue weighted by molar-refractivity contribution is 7.98. The summed E-state index contributed by atoms with van der Waals surface area (Å²) in [5.41, 5.74) is 0.900. The minimum Gasteiger partial charge on any atom is -0.493 e. The van der Waals surface area contributed by atoms with Crippen molar-refractivity contribution in [3.05, 3.63) is 29.6 Å². The lowest BCUT2D eigenvalue weighted by Gasteiger charge is -2.07. The monoisotopic (exact) mass is 229 g/mol. The Labute approximate surface area is 94.2 Å². The van der Waals surface area contributed by atoms with E-state index in [0.717, 1.165) is 11.3 Å². The van der Waals surface area contributed by atoms with E-state index in [-0.39, 0.29) is 5.82 Å². The molecule has 2 nitrogen and oxygen atoms in total. The van der Waals surface area contributed by atoms with Gasteiger partial charge in [-0.2, -0.15) is 11.8 Å². The van der Waals surface area contributed by atoms with Gasteiger partial charge in [-0.05, 0) is 31.0 Å². The van der Waals surface area contributed by atoms with Crippen molar-refractivity contribution in [2.45, 2.75) is 6.54 Å². The summed E-state index contributed by atoms with van der Waals surface area (Å²) in [5.74, 6) is 1.27. The Balaban J connectivity index is 2.62. The molecule has 0 radical (unpaired) electrons. The van der Waals surface area contributed by atoms with Crippen LogP contribution in [0.2, 0.25) is 0 Å². The Morgan fingerprint density at radius 1 is 1.40 bits per heavy atom. The lowest BCUT2D eigenvalue weighted by molar-refractivity contribution is 0.341. The second kappa shape index (κ2) is 6.69. The molecule has 1 aromatic rings. The van der Waals surface area contributed by atoms with Gasteiger partial charge >= 0.3 is 0 Å². The summed E-state index contributed by atoms with van der Waals surface area (Å²) in [6, 6.07) is 4.79. The average Bonchev–Trinajstić information content (AvgIpc) is 2.18. The molecule has 0 unspecified atom stereocenters. The molecule has 0 bridgehead atoms. The van der Waals surface area contributed by atoms with E-state index in [9.17, 15) is 4.39 Å². The second-order valence-corrected chi connectivity index (χ2v) is 4.15. The molecule has 1 aromatic carbocycles. The third-order valence-electron chi connectivity index (χ3n) is 1.87. The highest BCUT2D eigenvalue weighted by Gasteiger charge is 2.01. The summed E-state index contributed by atoms with van der Waals surface area (Å²) in [5, 5.41) is 2.98. The van der Waals surface area contributed by atoms with Gasteiger partial charge in [-0.15, -0.1) is 0 Å². The van der Waals surface area contributed by atoms with Crippen LogP contribution in [0, 0.1) is 5.82 Å². The van der Waals surface area contributed by atoms with Gasteiger partial charge in [0.05, 0.1) is 6.61 Å². The Hall–Kier alpha value is -0.740. The van der Waals surface area contributed by atoms with E-state index >= 15 is 0 Å². The summed E-state index contributed by atoms with van der Waals surface area (Å²) in [4.78, 5) is 0. The zero-order chi connectivity index (χ0) is 11.1. The van der Waals surface area contributed by atoms with Crippen LogP contribution in [-0.4, -0.2) is 25.7 Å². The van der Waals surface area contributed by atoms with Gasteiger partial charge in [-0.1, -0.05) is 0 Å². The van der Waals surface area contributed by atoms with Crippen LogP contribution < -0.4 is 10.1 Å². The van der Waals surface area contributed by atoms with Crippen molar-refractivity contribution < 1.29 is 9.13 Å². The zero-order valence-electron chi connectivity index (χ0n) is 9.05. The number of halogens is 1. The van der Waals surface area contributed by atoms with E-state index in [4.69, 9.17) is 4.74 Å². The number of rotatable bonds is 6. The normalized spacial score (nSPS) is 10.3. The molecule has 1 N–H and O–H groups in total. The molecule has 0 spiro atoms. The fourth-order valence-corrected chi connectivity index (χ4v) is 1.50. The molecule has 0 fully saturated rings. The SMILES string of the molecule is CNCc1cc(F)cc(OCCSC)c1. The van der Waals surface area contributed by atoms with Crippen LogP contribution in [-0.2, 0) is 6.54 Å². The van der Waals surface area contributed by atoms with E-state index in [1.54, 1.807) is 11.8 Å². The molecule has 0 saturated heterocycles. The van der Waals surface area contributed by atoms with E-state index < -0.39 is 0 Å². The Bertz CT molecular complexity index is 307. The minimum absolute atomic E-state index is 0.248. The number of thioether (sulfide) groups is 1. The maximum atomic E-state index is 13.1. The molecule has 15 heavy (non-hydrogen) atoms. The fraction of sp³-hybridized carbons (Fsp3) is 0.455. The van der Waals surface area contributed by atoms with Crippen LogP contribution in [0.25, 0.3) is 0 Å². The number of nitrogens with one attached hydrogen (secondary N) is 1. The largest absolute Gasteiger partial charge is 0.493 e. The highest BCUT2D eigenvalue weighted by atomic mass is 32.2. The van der Waals surface area contributed by atoms with Gasteiger partial charge in [0.2, 0.25) is 0 Å². The summed E-state index contributed by atoms with van der Waals surface area (Å²) in [6.07, 6.45) is 2.02. The van der Waals surface area contributed by atoms with Crippen molar-refractivity contribution in [2.24, 2.45) is 0 Å². The van der Waals surface area contributed by atoms with Crippen molar-refractivity contribution in [1.82, 2.24) is 5.32 Å². The van der Waals surface area contributed by atoms with Crippen LogP contribution in [0.4, 0.5) is 4.39 Å². The molecule has 4 heteroatoms. The second-order valence-electron chi connectivity index (χ2n) is 3.17. The minimum atomic E-state index is -0.248. The standard InChI is InChI=1S/C11H16FNOS/c1-13-8-9-5-10(12)7-11(6-9)14-3-4-15-2/h5-7,13H,3-4,8H2,1-2H3. The van der Waals surface area contributed by atoms with Crippen molar-refractivity contribution in [3.8, 4) is 5.75 Å². The predicted molar refractivity (Wildman–Crippen MR) is 63.0 cm³/mol. The third-order valence-corrected chi connectivity index (χ3v) is 2.44. The maximum Gasteiger partial charge on any atom is 0.127 e. The van der Waals surface area contributed by atoms with Crippen LogP contribution in [0.1, 0.15) is 5.56 Å². The quantitative estimate of drug-likeness (QED) is 0.756. The van der Waals surface area contributed by atoms with E-state index in [1.807, 2.05) is 19.4 Å². The van der Waals surface area contributed by atoms with Gasteiger partial charge in [0.15, 0.2) is 0 Å². The van der Waals surface area contributed by atoms with E-state index in [0.29, 0.717) is 18.9 Å². The van der Waals surface area contributed by atoms with Crippen LogP contribution in [0.15, 0.2) is 18.2 Å². The van der Waals surface area contributed by atoms with Gasteiger partial charge in [-0.25, -0.2) is 4.39 Å². The molecule has 1 rings (SSSR count). The fourth-order valence-electron chi connectivity index (χ4n) is 1.25. The van der Waals surface area contributed by atoms with Crippen LogP contribution in [0.5, 0.6) is 5.75 Å². The van der Waals surface area contributed by atoms with Gasteiger partial charge in [0.25, 0.3) is 0 Å². The molecule has 0 amide bonds. The molecule has 0 aliphatic rings. The molecular weight excluding hydrogens is 213 g/mol. The molecule has 0 aromatic heterocycles. The number of benzene rings is 1. The van der Waals surface area contributed by atoms with Crippen molar-refractivity contribution in [1.29, 1.82) is 0 Å². The molecule has 0 aliphatic carbocycles. The first-order valence-electron chi connectivity index (χ1n) is 4.82. The van der Waals surface area contributed by atoms with Crippen molar-refractivity contribution in [3.63, 3.8) is 0 Å². The topological polar surface area (TPSA) is 21.3 Å². The van der Waals surface area contributed by atoms with Gasteiger partial charge in [-0.3, -0.25) is 0 Å². The highest BCUT2D eigenvalue weighted by Crippen LogP contribution is 2.16. The molecular formula is C11H16FNOS. The Kier molecular flexibility index (Phi) is 5.50. The third kappa shape index (κ3) is 4.53. The first kappa shape index (κ1) is 12.3. The van der Waals surface area contributed by atoms with Gasteiger partial charge in [0.1, 0.15) is 11.6 Å². The molecule has 0 saturated carbocycles. The summed E-state index contributed by atoms with van der Waals surface area (Å²) < 4.78 is 18.6. The van der Waals surface area contributed by atoms with Crippen LogP contribution >= 0.6 is 11.8 Å². The van der Waals surface area contributed by atoms with E-state index in [1.165, 1.54) is 12.1 Å². The van der Waals surface area contributed by atoms with E-state index in [2.05, 4.69) is 5.32 Å². The first-order chi connectivity index (χ1) is 7.26. The van der Waals surface area contributed by atoms with Crippen molar-refractivity contribution >= 4 is 11.8 Å². The smallest absolute Gasteiger partial charge is 0.127 e. The summed E-state index contributed by atoms with van der Waals surface area (Å²) >= 11 is 1.71. The molecule has 84 valence electrons. The van der Waals surface area contributed by atoms with Gasteiger partial charge < -0.3 is 10.1 Å². The lowest BCUT2D eigenvalue weighted by Crippen LogP contribution is -2.06. The summed E-state index contributed by atoms with van der Waals surface area (Å²) in [7, 11) is 1.83. The Morgan fingerprint density at radius 2 is 2.20 bits per heavy atom. The number of hydrogen-bond acceptors (Lipinski definition) is 3. The number of hydrogen-bond donors (Lipinski definition) is 1. The number of ether oxygens (including phenoxy) is 1. The van der Waals surface area contributed by atoms with Crippen molar-refractivity contribution in [2.75, 3.05) is 25.7 Å². The maximum absolute atomic E-state index is 13.1. The molecule has 0 atom stereocenters. The Morgan fingerprint density at radius 3 is 2.87 bits per heavy atom. The zero-order valence-corrected chi connectivity index (χ0v) is 9.86.